The van der Waals surface area contributed by atoms with Crippen molar-refractivity contribution in [2.45, 2.75) is 12.8 Å². The Bertz CT molecular complexity index is 869. The van der Waals surface area contributed by atoms with E-state index in [-0.39, 0.29) is 0 Å². The predicted molar refractivity (Wildman–Crippen MR) is 93.0 cm³/mol. The minimum atomic E-state index is 0.699. The first kappa shape index (κ1) is 14.8. The Kier molecular flexibility index (Phi) is 3.72. The Labute approximate surface area is 140 Å². The first-order valence-electron chi connectivity index (χ1n) is 8.12. The van der Waals surface area contributed by atoms with Crippen molar-refractivity contribution in [1.29, 1.82) is 0 Å². The Morgan fingerprint density at radius 1 is 1.00 bits per heavy atom. The summed E-state index contributed by atoms with van der Waals surface area (Å²) in [6.45, 7) is 2.12. The molecule has 0 amide bonds. The summed E-state index contributed by atoms with van der Waals surface area (Å²) in [6.07, 6.45) is 6.14. The van der Waals surface area contributed by atoms with Gasteiger partial charge in [0.05, 0.1) is 19.9 Å². The lowest BCUT2D eigenvalue weighted by Crippen LogP contribution is -2.19. The van der Waals surface area contributed by atoms with Gasteiger partial charge in [-0.1, -0.05) is 0 Å². The molecular weight excluding hydrogens is 304 g/mol. The molecule has 0 atom stereocenters. The number of fused-ring (bicyclic) bond motifs is 1. The van der Waals surface area contributed by atoms with Crippen LogP contribution in [0.2, 0.25) is 0 Å². The topological polar surface area (TPSA) is 51.9 Å². The van der Waals surface area contributed by atoms with Gasteiger partial charge in [0.15, 0.2) is 17.3 Å². The van der Waals surface area contributed by atoms with Gasteiger partial charge in [0.2, 0.25) is 0 Å². The molecule has 3 heterocycles. The Morgan fingerprint density at radius 3 is 2.54 bits per heavy atom. The van der Waals surface area contributed by atoms with E-state index in [1.807, 2.05) is 35.1 Å². The molecule has 6 heteroatoms. The number of methoxy groups -OCH3 is 2. The second-order valence-electron chi connectivity index (χ2n) is 5.87. The van der Waals surface area contributed by atoms with Crippen LogP contribution in [-0.2, 0) is 0 Å². The van der Waals surface area contributed by atoms with Crippen molar-refractivity contribution >= 4 is 11.3 Å². The van der Waals surface area contributed by atoms with Crippen LogP contribution >= 0.6 is 0 Å². The van der Waals surface area contributed by atoms with Crippen molar-refractivity contribution in [3.8, 4) is 22.8 Å². The summed E-state index contributed by atoms with van der Waals surface area (Å²) in [4.78, 5) is 6.91. The summed E-state index contributed by atoms with van der Waals surface area (Å²) in [7, 11) is 3.27. The van der Waals surface area contributed by atoms with Crippen LogP contribution in [0.25, 0.3) is 16.8 Å². The van der Waals surface area contributed by atoms with Gasteiger partial charge in [-0.25, -0.2) is 9.50 Å². The number of benzene rings is 1. The molecule has 6 nitrogen and oxygen atoms in total. The highest BCUT2D eigenvalue weighted by atomic mass is 16.5. The lowest BCUT2D eigenvalue weighted by atomic mass is 10.1. The van der Waals surface area contributed by atoms with Gasteiger partial charge in [-0.15, -0.1) is 0 Å². The van der Waals surface area contributed by atoms with Crippen molar-refractivity contribution in [2.24, 2.45) is 0 Å². The molecule has 124 valence electrons. The maximum absolute atomic E-state index is 5.40. The molecule has 0 unspecified atom stereocenters. The minimum absolute atomic E-state index is 0.699. The van der Waals surface area contributed by atoms with E-state index in [9.17, 15) is 0 Å². The highest BCUT2D eigenvalue weighted by molar-refractivity contribution is 5.76. The molecule has 0 radical (unpaired) electrons. The fraction of sp³-hybridized carbons (Fsp3) is 0.333. The zero-order valence-electron chi connectivity index (χ0n) is 13.9. The Balaban J connectivity index is 1.79. The van der Waals surface area contributed by atoms with Crippen LogP contribution in [0.3, 0.4) is 0 Å². The molecule has 1 aromatic carbocycles. The summed E-state index contributed by atoms with van der Waals surface area (Å²) >= 11 is 0. The van der Waals surface area contributed by atoms with Gasteiger partial charge >= 0.3 is 0 Å². The van der Waals surface area contributed by atoms with Crippen molar-refractivity contribution in [2.75, 3.05) is 32.2 Å². The normalized spacial score (nSPS) is 14.3. The van der Waals surface area contributed by atoms with E-state index < -0.39 is 0 Å². The third-order valence-corrected chi connectivity index (χ3v) is 4.45. The second-order valence-corrected chi connectivity index (χ2v) is 5.87. The molecule has 0 saturated carbocycles. The predicted octanol–water partition coefficient (Wildman–Crippen LogP) is 3.01. The van der Waals surface area contributed by atoms with Crippen LogP contribution in [0, 0.1) is 0 Å². The number of hydrogen-bond acceptors (Lipinski definition) is 5. The summed E-state index contributed by atoms with van der Waals surface area (Å²) < 4.78 is 12.6. The highest BCUT2D eigenvalue weighted by Crippen LogP contribution is 2.33. The Hall–Kier alpha value is -2.76. The molecule has 3 aromatic rings. The monoisotopic (exact) mass is 324 g/mol. The van der Waals surface area contributed by atoms with Gasteiger partial charge < -0.3 is 14.4 Å². The first-order valence-corrected chi connectivity index (χ1v) is 8.12. The molecular formula is C18H20N4O2. The molecule has 4 rings (SSSR count). The van der Waals surface area contributed by atoms with Gasteiger partial charge in [0, 0.05) is 31.0 Å². The maximum Gasteiger partial charge on any atom is 0.161 e. The summed E-state index contributed by atoms with van der Waals surface area (Å²) in [5.41, 5.74) is 2.91. The molecule has 0 spiro atoms. The lowest BCUT2D eigenvalue weighted by molar-refractivity contribution is 0.355. The van der Waals surface area contributed by atoms with Gasteiger partial charge in [0.1, 0.15) is 5.52 Å². The van der Waals surface area contributed by atoms with Crippen molar-refractivity contribution in [3.05, 3.63) is 36.7 Å². The average Bonchev–Trinajstić information content (AvgIpc) is 3.30. The fourth-order valence-electron chi connectivity index (χ4n) is 3.22. The number of hydrogen-bond donors (Lipinski definition) is 0. The zero-order valence-corrected chi connectivity index (χ0v) is 13.9. The van der Waals surface area contributed by atoms with E-state index >= 15 is 0 Å². The van der Waals surface area contributed by atoms with E-state index in [1.165, 1.54) is 12.8 Å². The molecule has 0 aliphatic carbocycles. The van der Waals surface area contributed by atoms with Crippen molar-refractivity contribution in [3.63, 3.8) is 0 Å². The first-order chi connectivity index (χ1) is 11.8. The molecule has 0 bridgehead atoms. The second kappa shape index (κ2) is 6.03. The van der Waals surface area contributed by atoms with E-state index in [0.717, 1.165) is 35.7 Å². The third kappa shape index (κ3) is 2.44. The summed E-state index contributed by atoms with van der Waals surface area (Å²) in [5, 5.41) is 4.70. The van der Waals surface area contributed by atoms with E-state index in [0.29, 0.717) is 11.5 Å². The summed E-state index contributed by atoms with van der Waals surface area (Å²) in [6, 6.07) is 7.93. The summed E-state index contributed by atoms with van der Waals surface area (Å²) in [5.74, 6) is 2.42. The van der Waals surface area contributed by atoms with E-state index in [2.05, 4.69) is 16.0 Å². The van der Waals surface area contributed by atoms with Crippen LogP contribution in [0.15, 0.2) is 36.7 Å². The van der Waals surface area contributed by atoms with Crippen molar-refractivity contribution < 1.29 is 9.47 Å². The van der Waals surface area contributed by atoms with Crippen LogP contribution in [0.4, 0.5) is 5.82 Å². The molecule has 1 saturated heterocycles. The van der Waals surface area contributed by atoms with E-state index in [1.54, 1.807) is 14.2 Å². The third-order valence-electron chi connectivity index (χ3n) is 4.45. The SMILES string of the molecule is COc1ccc(-c2cc3c(N4CCCC4)nccn3n2)cc1OC. The number of anilines is 1. The minimum Gasteiger partial charge on any atom is -0.493 e. The Morgan fingerprint density at radius 2 is 1.79 bits per heavy atom. The van der Waals surface area contributed by atoms with Crippen LogP contribution in [0.5, 0.6) is 11.5 Å². The molecule has 1 fully saturated rings. The maximum atomic E-state index is 5.40. The number of nitrogens with zero attached hydrogens (tertiary/aromatic N) is 4. The standard InChI is InChI=1S/C18H20N4O2/c1-23-16-6-5-13(11-17(16)24-2)14-12-15-18(21-8-3-4-9-21)19-7-10-22(15)20-14/h5-7,10-12H,3-4,8-9H2,1-2H3. The van der Waals surface area contributed by atoms with Gasteiger partial charge in [0.25, 0.3) is 0 Å². The highest BCUT2D eigenvalue weighted by Gasteiger charge is 2.18. The molecule has 24 heavy (non-hydrogen) atoms. The van der Waals surface area contributed by atoms with Gasteiger partial charge in [-0.3, -0.25) is 0 Å². The van der Waals surface area contributed by atoms with Gasteiger partial charge in [-0.2, -0.15) is 5.10 Å². The van der Waals surface area contributed by atoms with Crippen LogP contribution in [0.1, 0.15) is 12.8 Å². The molecule has 2 aromatic heterocycles. The largest absolute Gasteiger partial charge is 0.493 e. The molecule has 1 aliphatic heterocycles. The van der Waals surface area contributed by atoms with Gasteiger partial charge in [-0.05, 0) is 37.1 Å². The zero-order chi connectivity index (χ0) is 16.5. The smallest absolute Gasteiger partial charge is 0.161 e. The van der Waals surface area contributed by atoms with Crippen LogP contribution in [-0.4, -0.2) is 41.9 Å². The van der Waals surface area contributed by atoms with Crippen LogP contribution < -0.4 is 14.4 Å². The number of ether oxygens (including phenoxy) is 2. The molecule has 0 N–H and O–H groups in total. The number of rotatable bonds is 4. The quantitative estimate of drug-likeness (QED) is 0.738. The average molecular weight is 324 g/mol. The fourth-order valence-corrected chi connectivity index (χ4v) is 3.22. The lowest BCUT2D eigenvalue weighted by Gasteiger charge is -2.16. The molecule has 1 aliphatic rings. The number of aromatic nitrogens is 3. The van der Waals surface area contributed by atoms with E-state index in [4.69, 9.17) is 14.6 Å². The van der Waals surface area contributed by atoms with Crippen molar-refractivity contribution in [1.82, 2.24) is 14.6 Å².